The molecule has 0 aliphatic carbocycles. The number of nitrogens with zero attached hydrogens (tertiary/aromatic N) is 2. The number of nitriles is 1. The van der Waals surface area contributed by atoms with Gasteiger partial charge in [0.25, 0.3) is 0 Å². The molecule has 0 saturated heterocycles. The molecule has 0 aliphatic rings. The van der Waals surface area contributed by atoms with Crippen LogP contribution in [0, 0.1) is 11.3 Å². The molecule has 3 nitrogen and oxygen atoms in total. The molecule has 0 bridgehead atoms. The van der Waals surface area contributed by atoms with Crippen molar-refractivity contribution in [2.75, 3.05) is 5.32 Å². The predicted octanol–water partition coefficient (Wildman–Crippen LogP) is 3.88. The van der Waals surface area contributed by atoms with Crippen molar-refractivity contribution in [1.82, 2.24) is 4.98 Å². The van der Waals surface area contributed by atoms with Crippen LogP contribution in [-0.4, -0.2) is 4.98 Å². The first kappa shape index (κ1) is 12.6. The van der Waals surface area contributed by atoms with E-state index in [1.807, 2.05) is 0 Å². The lowest BCUT2D eigenvalue weighted by molar-refractivity contribution is 1.09. The Hall–Kier alpha value is -1.86. The molecule has 0 radical (unpaired) electrons. The zero-order valence-corrected chi connectivity index (χ0v) is 11.3. The van der Waals surface area contributed by atoms with E-state index in [0.717, 1.165) is 18.5 Å². The molecule has 0 atom stereocenters. The van der Waals surface area contributed by atoms with E-state index in [0.29, 0.717) is 10.7 Å². The molecule has 92 valence electrons. The average Bonchev–Trinajstić information content (AvgIpc) is 2.86. The Morgan fingerprint density at radius 3 is 2.50 bits per heavy atom. The zero-order chi connectivity index (χ0) is 13.0. The van der Waals surface area contributed by atoms with Crippen LogP contribution < -0.4 is 5.32 Å². The van der Waals surface area contributed by atoms with Crippen molar-refractivity contribution in [3.63, 3.8) is 0 Å². The molecule has 2 aromatic rings. The Morgan fingerprint density at radius 2 is 1.94 bits per heavy atom. The van der Waals surface area contributed by atoms with Crippen LogP contribution in [0.4, 0.5) is 11.5 Å². The van der Waals surface area contributed by atoms with Crippen LogP contribution in [0.15, 0.2) is 23.7 Å². The Kier molecular flexibility index (Phi) is 3.96. The van der Waals surface area contributed by atoms with Crippen LogP contribution in [0.5, 0.6) is 0 Å². The normalized spacial score (nSPS) is 10.1. The second-order valence-electron chi connectivity index (χ2n) is 3.93. The molecule has 1 aromatic carbocycles. The minimum atomic E-state index is 0.628. The maximum Gasteiger partial charge on any atom is 0.159 e. The van der Waals surface area contributed by atoms with Crippen molar-refractivity contribution in [3.8, 4) is 6.07 Å². The molecule has 0 aliphatic heterocycles. The molecule has 0 saturated carbocycles. The summed E-state index contributed by atoms with van der Waals surface area (Å²) in [6.07, 6.45) is 1.92. The van der Waals surface area contributed by atoms with Crippen molar-refractivity contribution in [2.45, 2.75) is 26.7 Å². The van der Waals surface area contributed by atoms with Gasteiger partial charge in [-0.1, -0.05) is 32.0 Å². The van der Waals surface area contributed by atoms with Gasteiger partial charge in [0.05, 0.1) is 5.51 Å². The predicted molar refractivity (Wildman–Crippen MR) is 75.3 cm³/mol. The molecule has 1 heterocycles. The Morgan fingerprint density at radius 1 is 1.28 bits per heavy atom. The number of aromatic nitrogens is 1. The standard InChI is InChI=1S/C14H15N3S/c1-3-10-6-5-7-11(4-2)13(10)17-14-12(8-15)18-9-16-14/h5-7,9,17H,3-4H2,1-2H3. The van der Waals surface area contributed by atoms with Crippen LogP contribution in [0.3, 0.4) is 0 Å². The van der Waals surface area contributed by atoms with Gasteiger partial charge in [0.2, 0.25) is 0 Å². The number of anilines is 2. The lowest BCUT2D eigenvalue weighted by Gasteiger charge is -2.14. The van der Waals surface area contributed by atoms with E-state index in [9.17, 15) is 0 Å². The van der Waals surface area contributed by atoms with E-state index >= 15 is 0 Å². The summed E-state index contributed by atoms with van der Waals surface area (Å²) >= 11 is 1.36. The van der Waals surface area contributed by atoms with E-state index in [1.165, 1.54) is 22.5 Å². The number of aryl methyl sites for hydroxylation is 2. The van der Waals surface area contributed by atoms with Gasteiger partial charge in [0, 0.05) is 5.69 Å². The zero-order valence-electron chi connectivity index (χ0n) is 10.5. The Bertz CT molecular complexity index is 559. The van der Waals surface area contributed by atoms with E-state index in [-0.39, 0.29) is 0 Å². The SMILES string of the molecule is CCc1cccc(CC)c1Nc1ncsc1C#N. The summed E-state index contributed by atoms with van der Waals surface area (Å²) in [5.41, 5.74) is 5.31. The van der Waals surface area contributed by atoms with Gasteiger partial charge in [0.15, 0.2) is 5.82 Å². The quantitative estimate of drug-likeness (QED) is 0.904. The lowest BCUT2D eigenvalue weighted by atomic mass is 10.0. The molecule has 18 heavy (non-hydrogen) atoms. The van der Waals surface area contributed by atoms with E-state index in [1.54, 1.807) is 5.51 Å². The molecule has 1 aromatic heterocycles. The van der Waals surface area contributed by atoms with Crippen LogP contribution in [0.1, 0.15) is 29.9 Å². The largest absolute Gasteiger partial charge is 0.338 e. The number of benzene rings is 1. The Balaban J connectivity index is 2.42. The van der Waals surface area contributed by atoms with Crippen LogP contribution in [-0.2, 0) is 12.8 Å². The van der Waals surface area contributed by atoms with E-state index in [4.69, 9.17) is 5.26 Å². The Labute approximate surface area is 111 Å². The van der Waals surface area contributed by atoms with Gasteiger partial charge in [-0.25, -0.2) is 4.98 Å². The topological polar surface area (TPSA) is 48.7 Å². The number of hydrogen-bond donors (Lipinski definition) is 1. The van der Waals surface area contributed by atoms with Gasteiger partial charge >= 0.3 is 0 Å². The first-order chi connectivity index (χ1) is 8.80. The summed E-state index contributed by atoms with van der Waals surface area (Å²) in [6, 6.07) is 8.46. The highest BCUT2D eigenvalue weighted by Crippen LogP contribution is 2.28. The van der Waals surface area contributed by atoms with Crippen LogP contribution in [0.25, 0.3) is 0 Å². The van der Waals surface area contributed by atoms with Crippen molar-refractivity contribution in [1.29, 1.82) is 5.26 Å². The lowest BCUT2D eigenvalue weighted by Crippen LogP contribution is -2.01. The molecule has 1 N–H and O–H groups in total. The van der Waals surface area contributed by atoms with Gasteiger partial charge in [0.1, 0.15) is 10.9 Å². The molecule has 0 amide bonds. The van der Waals surface area contributed by atoms with Gasteiger partial charge in [-0.3, -0.25) is 0 Å². The third kappa shape index (κ3) is 2.36. The van der Waals surface area contributed by atoms with Crippen molar-refractivity contribution >= 4 is 22.8 Å². The highest BCUT2D eigenvalue weighted by atomic mass is 32.1. The number of para-hydroxylation sites is 1. The fourth-order valence-electron chi connectivity index (χ4n) is 1.94. The number of nitrogens with one attached hydrogen (secondary N) is 1. The molecule has 2 rings (SSSR count). The summed E-state index contributed by atoms with van der Waals surface area (Å²) in [5, 5.41) is 12.3. The average molecular weight is 257 g/mol. The van der Waals surface area contributed by atoms with Crippen molar-refractivity contribution in [3.05, 3.63) is 39.7 Å². The number of rotatable bonds is 4. The summed E-state index contributed by atoms with van der Waals surface area (Å²) in [5.74, 6) is 0.665. The molecular formula is C14H15N3S. The maximum absolute atomic E-state index is 9.02. The van der Waals surface area contributed by atoms with Crippen LogP contribution in [0.2, 0.25) is 0 Å². The van der Waals surface area contributed by atoms with E-state index in [2.05, 4.69) is 48.4 Å². The highest BCUT2D eigenvalue weighted by Gasteiger charge is 2.10. The van der Waals surface area contributed by atoms with Crippen molar-refractivity contribution in [2.24, 2.45) is 0 Å². The fourth-order valence-corrected chi connectivity index (χ4v) is 2.47. The third-order valence-corrected chi connectivity index (χ3v) is 3.64. The highest BCUT2D eigenvalue weighted by molar-refractivity contribution is 7.10. The van der Waals surface area contributed by atoms with Gasteiger partial charge in [-0.2, -0.15) is 5.26 Å². The van der Waals surface area contributed by atoms with Gasteiger partial charge in [-0.15, -0.1) is 11.3 Å². The third-order valence-electron chi connectivity index (χ3n) is 2.91. The summed E-state index contributed by atoms with van der Waals surface area (Å²) < 4.78 is 0. The molecular weight excluding hydrogens is 242 g/mol. The smallest absolute Gasteiger partial charge is 0.159 e. The molecule has 0 fully saturated rings. The van der Waals surface area contributed by atoms with Gasteiger partial charge in [-0.05, 0) is 24.0 Å². The first-order valence-corrected chi connectivity index (χ1v) is 6.89. The van der Waals surface area contributed by atoms with E-state index < -0.39 is 0 Å². The van der Waals surface area contributed by atoms with Gasteiger partial charge < -0.3 is 5.32 Å². The monoisotopic (exact) mass is 257 g/mol. The van der Waals surface area contributed by atoms with Crippen molar-refractivity contribution < 1.29 is 0 Å². The second-order valence-corrected chi connectivity index (χ2v) is 4.78. The fraction of sp³-hybridized carbons (Fsp3) is 0.286. The minimum absolute atomic E-state index is 0.628. The summed E-state index contributed by atoms with van der Waals surface area (Å²) in [7, 11) is 0. The number of hydrogen-bond acceptors (Lipinski definition) is 4. The summed E-state index contributed by atoms with van der Waals surface area (Å²) in [6.45, 7) is 4.26. The van der Waals surface area contributed by atoms with Crippen LogP contribution >= 0.6 is 11.3 Å². The molecule has 4 heteroatoms. The second kappa shape index (κ2) is 5.65. The number of thiazole rings is 1. The molecule has 0 spiro atoms. The minimum Gasteiger partial charge on any atom is -0.338 e. The summed E-state index contributed by atoms with van der Waals surface area (Å²) in [4.78, 5) is 4.85. The first-order valence-electron chi connectivity index (χ1n) is 6.01. The maximum atomic E-state index is 9.02. The molecule has 0 unspecified atom stereocenters.